The van der Waals surface area contributed by atoms with Crippen molar-refractivity contribution in [1.82, 2.24) is 9.62 Å². The Morgan fingerprint density at radius 1 is 1.05 bits per heavy atom. The Bertz CT molecular complexity index is 1260. The lowest BCUT2D eigenvalue weighted by atomic mass is 10.1. The van der Waals surface area contributed by atoms with Crippen LogP contribution >= 0.6 is 11.9 Å². The average molecular weight is 542 g/mol. The van der Waals surface area contributed by atoms with E-state index in [1.165, 1.54) is 38.6 Å². The number of nitrogens with zero attached hydrogens (tertiary/aromatic N) is 2. The molecular formula is C34H43N3OS. The van der Waals surface area contributed by atoms with Crippen molar-refractivity contribution >= 4 is 23.7 Å². The van der Waals surface area contributed by atoms with Gasteiger partial charge in [0.1, 0.15) is 5.75 Å². The zero-order valence-corrected chi connectivity index (χ0v) is 24.8. The number of hydrogen-bond acceptors (Lipinski definition) is 5. The van der Waals surface area contributed by atoms with Crippen LogP contribution in [0.15, 0.2) is 101 Å². The molecule has 0 atom stereocenters. The van der Waals surface area contributed by atoms with Crippen molar-refractivity contribution in [2.75, 3.05) is 44.7 Å². The molecule has 0 radical (unpaired) electrons. The summed E-state index contributed by atoms with van der Waals surface area (Å²) in [5.41, 5.74) is 7.75. The van der Waals surface area contributed by atoms with Crippen LogP contribution in [0.5, 0.6) is 5.75 Å². The number of ether oxygens (including phenoxy) is 1. The van der Waals surface area contributed by atoms with Crippen molar-refractivity contribution in [3.8, 4) is 5.75 Å². The van der Waals surface area contributed by atoms with Gasteiger partial charge in [0.25, 0.3) is 0 Å². The van der Waals surface area contributed by atoms with Crippen LogP contribution in [0.3, 0.4) is 0 Å². The van der Waals surface area contributed by atoms with Gasteiger partial charge in [0.15, 0.2) is 0 Å². The predicted octanol–water partition coefficient (Wildman–Crippen LogP) is 7.95. The van der Waals surface area contributed by atoms with Crippen LogP contribution in [0.2, 0.25) is 0 Å². The van der Waals surface area contributed by atoms with Crippen molar-refractivity contribution in [3.05, 3.63) is 107 Å². The topological polar surface area (TPSA) is 27.7 Å². The van der Waals surface area contributed by atoms with Crippen molar-refractivity contribution in [2.24, 2.45) is 0 Å². The predicted molar refractivity (Wildman–Crippen MR) is 169 cm³/mol. The number of nitrogens with one attached hydrogen (secondary N) is 1. The van der Waals surface area contributed by atoms with Gasteiger partial charge in [-0.2, -0.15) is 0 Å². The molecule has 0 aromatic heterocycles. The lowest BCUT2D eigenvalue weighted by molar-refractivity contribution is 0.320. The van der Waals surface area contributed by atoms with Crippen molar-refractivity contribution in [2.45, 2.75) is 44.9 Å². The van der Waals surface area contributed by atoms with Gasteiger partial charge in [-0.1, -0.05) is 73.2 Å². The zero-order valence-electron chi connectivity index (χ0n) is 24.0. The molecule has 2 aromatic rings. The average Bonchev–Trinajstić information content (AvgIpc) is 3.34. The molecule has 0 spiro atoms. The molecule has 206 valence electrons. The lowest BCUT2D eigenvalue weighted by Crippen LogP contribution is -2.32. The highest BCUT2D eigenvalue weighted by molar-refractivity contribution is 7.97. The van der Waals surface area contributed by atoms with Crippen LogP contribution in [0.25, 0.3) is 6.08 Å². The molecule has 1 saturated heterocycles. The summed E-state index contributed by atoms with van der Waals surface area (Å²) in [4.78, 5) is 6.30. The number of benzene rings is 2. The minimum absolute atomic E-state index is 0.911. The second-order valence-corrected chi connectivity index (χ2v) is 11.1. The van der Waals surface area contributed by atoms with Gasteiger partial charge in [0, 0.05) is 49.7 Å². The summed E-state index contributed by atoms with van der Waals surface area (Å²) < 4.78 is 9.22. The van der Waals surface area contributed by atoms with E-state index in [9.17, 15) is 0 Å². The number of rotatable bonds is 10. The molecule has 0 amide bonds. The molecule has 1 heterocycles. The largest absolute Gasteiger partial charge is 0.495 e. The van der Waals surface area contributed by atoms with E-state index >= 15 is 0 Å². The summed E-state index contributed by atoms with van der Waals surface area (Å²) in [5.74, 6) is 0.959. The third-order valence-electron chi connectivity index (χ3n) is 7.42. The fourth-order valence-electron chi connectivity index (χ4n) is 4.85. The molecule has 0 unspecified atom stereocenters. The molecular weight excluding hydrogens is 498 g/mol. The van der Waals surface area contributed by atoms with Gasteiger partial charge in [0.2, 0.25) is 0 Å². The van der Waals surface area contributed by atoms with Gasteiger partial charge < -0.3 is 14.4 Å². The smallest absolute Gasteiger partial charge is 0.142 e. The zero-order chi connectivity index (χ0) is 27.5. The first-order valence-electron chi connectivity index (χ1n) is 14.1. The summed E-state index contributed by atoms with van der Waals surface area (Å²) >= 11 is 1.71. The summed E-state index contributed by atoms with van der Waals surface area (Å²) in [7, 11) is 1.76. The minimum Gasteiger partial charge on any atom is -0.495 e. The highest BCUT2D eigenvalue weighted by Crippen LogP contribution is 2.29. The summed E-state index contributed by atoms with van der Waals surface area (Å²) in [6, 6.07) is 14.9. The van der Waals surface area contributed by atoms with E-state index in [2.05, 4.69) is 114 Å². The molecule has 1 aliphatic carbocycles. The number of methoxy groups -OCH3 is 1. The Labute approximate surface area is 239 Å². The molecule has 2 aliphatic rings. The Hall–Kier alpha value is -3.15. The summed E-state index contributed by atoms with van der Waals surface area (Å²) in [5, 5.41) is 0. The Kier molecular flexibility index (Phi) is 11.0. The first-order valence-corrected chi connectivity index (χ1v) is 14.9. The first kappa shape index (κ1) is 28.8. The minimum atomic E-state index is 0.911. The van der Waals surface area contributed by atoms with E-state index in [4.69, 9.17) is 4.74 Å². The molecule has 4 rings (SSSR count). The maximum absolute atomic E-state index is 5.61. The fourth-order valence-corrected chi connectivity index (χ4v) is 5.66. The second-order valence-electron chi connectivity index (χ2n) is 10.2. The normalized spacial score (nSPS) is 17.0. The van der Waals surface area contributed by atoms with Crippen LogP contribution in [-0.2, 0) is 0 Å². The first-order chi connectivity index (χ1) is 19.1. The van der Waals surface area contributed by atoms with Crippen LogP contribution in [0, 0.1) is 6.92 Å². The number of anilines is 1. The molecule has 2 aromatic carbocycles. The SMILES string of the molecule is CC/C(C)=C/C=C\c1cccc(SNC2=CC=C(CN3CCCN(c4ccccc4OC)CC3)C=CC2)c1C. The maximum Gasteiger partial charge on any atom is 0.142 e. The van der Waals surface area contributed by atoms with Gasteiger partial charge >= 0.3 is 0 Å². The summed E-state index contributed by atoms with van der Waals surface area (Å²) in [6.45, 7) is 11.8. The monoisotopic (exact) mass is 541 g/mol. The Morgan fingerprint density at radius 2 is 1.92 bits per heavy atom. The Morgan fingerprint density at radius 3 is 2.77 bits per heavy atom. The van der Waals surface area contributed by atoms with Gasteiger partial charge in [-0.25, -0.2) is 0 Å². The molecule has 0 saturated carbocycles. The van der Waals surface area contributed by atoms with E-state index in [0.717, 1.165) is 57.7 Å². The van der Waals surface area contributed by atoms with Crippen LogP contribution in [-0.4, -0.2) is 44.7 Å². The van der Waals surface area contributed by atoms with Crippen molar-refractivity contribution in [1.29, 1.82) is 0 Å². The maximum atomic E-state index is 5.61. The number of hydrogen-bond donors (Lipinski definition) is 1. The number of para-hydroxylation sites is 2. The van der Waals surface area contributed by atoms with Gasteiger partial charge in [-0.05, 0) is 79.6 Å². The third kappa shape index (κ3) is 8.42. The highest BCUT2D eigenvalue weighted by Gasteiger charge is 2.18. The highest BCUT2D eigenvalue weighted by atomic mass is 32.2. The number of allylic oxidation sites excluding steroid dienone is 6. The van der Waals surface area contributed by atoms with Gasteiger partial charge in [-0.15, -0.1) is 0 Å². The van der Waals surface area contributed by atoms with E-state index in [0.29, 0.717) is 0 Å². The van der Waals surface area contributed by atoms with E-state index in [1.54, 1.807) is 19.1 Å². The standard InChI is InChI=1S/C34H43N3OS/c1-5-27(2)12-8-14-30-15-10-19-34(28(30)3)39-35-31-16-9-13-29(20-21-31)26-36-22-11-23-37(25-24-36)32-17-6-7-18-33(32)38-4/h6-10,12-15,17-21,35H,5,11,16,22-26H2,1-4H3/b14-8-,27-12+. The summed E-state index contributed by atoms with van der Waals surface area (Å²) in [6.07, 6.45) is 18.8. The molecule has 39 heavy (non-hydrogen) atoms. The molecule has 1 aliphatic heterocycles. The molecule has 0 bridgehead atoms. The van der Waals surface area contributed by atoms with E-state index in [-0.39, 0.29) is 0 Å². The van der Waals surface area contributed by atoms with Crippen LogP contribution < -0.4 is 14.4 Å². The molecule has 1 N–H and O–H groups in total. The van der Waals surface area contributed by atoms with Gasteiger partial charge in [0.05, 0.1) is 12.8 Å². The fraction of sp³-hybridized carbons (Fsp3) is 0.353. The molecule has 1 fully saturated rings. The van der Waals surface area contributed by atoms with E-state index in [1.807, 2.05) is 6.07 Å². The second kappa shape index (κ2) is 14.9. The van der Waals surface area contributed by atoms with Crippen LogP contribution in [0.4, 0.5) is 5.69 Å². The van der Waals surface area contributed by atoms with E-state index < -0.39 is 0 Å². The molecule has 5 heteroatoms. The Balaban J connectivity index is 1.33. The lowest BCUT2D eigenvalue weighted by Gasteiger charge is -2.25. The van der Waals surface area contributed by atoms with Gasteiger partial charge in [-0.3, -0.25) is 4.90 Å². The van der Waals surface area contributed by atoms with Crippen molar-refractivity contribution < 1.29 is 4.74 Å². The quantitative estimate of drug-likeness (QED) is 0.243. The van der Waals surface area contributed by atoms with Crippen molar-refractivity contribution in [3.63, 3.8) is 0 Å². The van der Waals surface area contributed by atoms with Crippen LogP contribution in [0.1, 0.15) is 44.2 Å². The third-order valence-corrected chi connectivity index (χ3v) is 8.45. The molecule has 4 nitrogen and oxygen atoms in total.